The fourth-order valence-electron chi connectivity index (χ4n) is 3.45. The first-order valence-corrected chi connectivity index (χ1v) is 8.98. The summed E-state index contributed by atoms with van der Waals surface area (Å²) in [5, 5.41) is 14.6. The van der Waals surface area contributed by atoms with Crippen molar-refractivity contribution in [3.8, 4) is 17.0 Å². The molecule has 2 N–H and O–H groups in total. The van der Waals surface area contributed by atoms with Crippen LogP contribution in [0.25, 0.3) is 11.3 Å². The van der Waals surface area contributed by atoms with Gasteiger partial charge in [0.2, 0.25) is 0 Å². The van der Waals surface area contributed by atoms with Gasteiger partial charge in [-0.05, 0) is 39.8 Å². The molecule has 0 saturated heterocycles. The zero-order chi connectivity index (χ0) is 19.6. The summed E-state index contributed by atoms with van der Waals surface area (Å²) in [6, 6.07) is 7.36. The molecule has 0 aliphatic carbocycles. The van der Waals surface area contributed by atoms with E-state index in [0.717, 1.165) is 34.8 Å². The van der Waals surface area contributed by atoms with E-state index in [4.69, 9.17) is 4.74 Å². The van der Waals surface area contributed by atoms with Crippen molar-refractivity contribution in [2.75, 3.05) is 7.11 Å². The summed E-state index contributed by atoms with van der Waals surface area (Å²) in [4.78, 5) is 12.9. The molecule has 0 saturated carbocycles. The van der Waals surface area contributed by atoms with Gasteiger partial charge >= 0.3 is 0 Å². The van der Waals surface area contributed by atoms with Crippen LogP contribution in [-0.4, -0.2) is 33.0 Å². The Morgan fingerprint density at radius 2 is 2.15 bits per heavy atom. The van der Waals surface area contributed by atoms with Crippen molar-refractivity contribution in [1.29, 1.82) is 0 Å². The number of ether oxygens (including phenoxy) is 1. The topological polar surface area (TPSA) is 84.8 Å². The van der Waals surface area contributed by atoms with Gasteiger partial charge in [-0.25, -0.2) is 0 Å². The quantitative estimate of drug-likeness (QED) is 0.699. The molecular weight excluding hydrogens is 342 g/mol. The Morgan fingerprint density at radius 1 is 1.37 bits per heavy atom. The Hall–Kier alpha value is -3.09. The van der Waals surface area contributed by atoms with Crippen LogP contribution in [0.4, 0.5) is 0 Å². The summed E-state index contributed by atoms with van der Waals surface area (Å²) < 4.78 is 7.22. The van der Waals surface area contributed by atoms with Crippen LogP contribution in [0.15, 0.2) is 30.5 Å². The molecule has 0 radical (unpaired) electrons. The number of benzene rings is 1. The van der Waals surface area contributed by atoms with Crippen LogP contribution in [0, 0.1) is 13.8 Å². The van der Waals surface area contributed by atoms with Gasteiger partial charge in [0, 0.05) is 23.4 Å². The van der Waals surface area contributed by atoms with Crippen molar-refractivity contribution < 1.29 is 9.53 Å². The minimum atomic E-state index is -0.183. The standard InChI is InChI=1S/C20H25N5O2/c1-6-25-14(4)18(13(3)24-25)12(2)22-20(26)17-11-21-23-19(17)15-8-7-9-16(10-15)27-5/h7-12H,6H2,1-5H3,(H,21,23)(H,22,26)/t12-/m0/s1. The molecule has 1 aromatic carbocycles. The average molecular weight is 367 g/mol. The summed E-state index contributed by atoms with van der Waals surface area (Å²) in [5.74, 6) is 0.539. The maximum absolute atomic E-state index is 12.9. The normalized spacial score (nSPS) is 12.0. The van der Waals surface area contributed by atoms with Gasteiger partial charge in [0.1, 0.15) is 5.75 Å². The minimum absolute atomic E-state index is 0.161. The second kappa shape index (κ2) is 7.65. The first-order chi connectivity index (χ1) is 13.0. The van der Waals surface area contributed by atoms with Gasteiger partial charge < -0.3 is 10.1 Å². The predicted molar refractivity (Wildman–Crippen MR) is 104 cm³/mol. The van der Waals surface area contributed by atoms with Crippen LogP contribution in [-0.2, 0) is 6.54 Å². The summed E-state index contributed by atoms with van der Waals surface area (Å²) in [6.07, 6.45) is 1.55. The lowest BCUT2D eigenvalue weighted by Gasteiger charge is -2.15. The highest BCUT2D eigenvalue weighted by atomic mass is 16.5. The van der Waals surface area contributed by atoms with Gasteiger partial charge in [-0.3, -0.25) is 14.6 Å². The highest BCUT2D eigenvalue weighted by Crippen LogP contribution is 2.26. The summed E-state index contributed by atoms with van der Waals surface area (Å²) in [5.41, 5.74) is 5.06. The van der Waals surface area contributed by atoms with Gasteiger partial charge in [0.05, 0.1) is 36.3 Å². The Labute approximate surface area is 158 Å². The molecule has 0 bridgehead atoms. The van der Waals surface area contributed by atoms with Crippen LogP contribution >= 0.6 is 0 Å². The summed E-state index contributed by atoms with van der Waals surface area (Å²) in [7, 11) is 1.61. The van der Waals surface area contributed by atoms with E-state index in [1.165, 1.54) is 0 Å². The van der Waals surface area contributed by atoms with E-state index in [0.29, 0.717) is 11.3 Å². The summed E-state index contributed by atoms with van der Waals surface area (Å²) in [6.45, 7) is 8.82. The lowest BCUT2D eigenvalue weighted by Crippen LogP contribution is -2.27. The van der Waals surface area contributed by atoms with Gasteiger partial charge in [-0.1, -0.05) is 12.1 Å². The fourth-order valence-corrected chi connectivity index (χ4v) is 3.45. The van der Waals surface area contributed by atoms with E-state index in [1.54, 1.807) is 13.3 Å². The molecule has 0 aliphatic rings. The Bertz CT molecular complexity index is 957. The van der Waals surface area contributed by atoms with E-state index in [9.17, 15) is 4.79 Å². The average Bonchev–Trinajstić information content (AvgIpc) is 3.26. The zero-order valence-corrected chi connectivity index (χ0v) is 16.3. The number of aryl methyl sites for hydroxylation is 2. The number of hydrogen-bond donors (Lipinski definition) is 2. The predicted octanol–water partition coefficient (Wildman–Crippen LogP) is 3.41. The largest absolute Gasteiger partial charge is 0.497 e. The first kappa shape index (κ1) is 18.7. The zero-order valence-electron chi connectivity index (χ0n) is 16.3. The second-order valence-corrected chi connectivity index (χ2v) is 6.49. The lowest BCUT2D eigenvalue weighted by atomic mass is 10.0. The van der Waals surface area contributed by atoms with Gasteiger partial charge in [0.25, 0.3) is 5.91 Å². The third-order valence-corrected chi connectivity index (χ3v) is 4.76. The lowest BCUT2D eigenvalue weighted by molar-refractivity contribution is 0.0940. The molecule has 0 aliphatic heterocycles. The number of nitrogens with zero attached hydrogens (tertiary/aromatic N) is 3. The number of hydrogen-bond acceptors (Lipinski definition) is 4. The van der Waals surface area contributed by atoms with Gasteiger partial charge in [0.15, 0.2) is 0 Å². The second-order valence-electron chi connectivity index (χ2n) is 6.49. The SMILES string of the molecule is CCn1nc(C)c([C@H](C)NC(=O)c2cn[nH]c2-c2cccc(OC)c2)c1C. The molecule has 0 unspecified atom stereocenters. The summed E-state index contributed by atoms with van der Waals surface area (Å²) >= 11 is 0. The molecule has 0 fully saturated rings. The Kier molecular flexibility index (Phi) is 5.30. The van der Waals surface area contributed by atoms with Crippen LogP contribution in [0.3, 0.4) is 0 Å². The molecule has 1 amide bonds. The monoisotopic (exact) mass is 367 g/mol. The number of aromatic nitrogens is 4. The number of methoxy groups -OCH3 is 1. The van der Waals surface area contributed by atoms with E-state index in [1.807, 2.05) is 49.7 Å². The van der Waals surface area contributed by atoms with Gasteiger partial charge in [-0.15, -0.1) is 0 Å². The molecule has 1 atom stereocenters. The van der Waals surface area contributed by atoms with E-state index in [2.05, 4.69) is 27.5 Å². The molecule has 0 spiro atoms. The third-order valence-electron chi connectivity index (χ3n) is 4.76. The first-order valence-electron chi connectivity index (χ1n) is 8.98. The van der Waals surface area contributed by atoms with Crippen LogP contribution < -0.4 is 10.1 Å². The van der Waals surface area contributed by atoms with Crippen molar-refractivity contribution in [1.82, 2.24) is 25.3 Å². The molecule has 2 aromatic heterocycles. The number of carbonyl (C=O) groups excluding carboxylic acids is 1. The molecule has 3 aromatic rings. The molecular formula is C20H25N5O2. The Balaban J connectivity index is 1.86. The number of rotatable bonds is 6. The van der Waals surface area contributed by atoms with Crippen molar-refractivity contribution in [3.05, 3.63) is 53.0 Å². The number of amides is 1. The third kappa shape index (κ3) is 3.58. The molecule has 142 valence electrons. The minimum Gasteiger partial charge on any atom is -0.497 e. The molecule has 7 nitrogen and oxygen atoms in total. The van der Waals surface area contributed by atoms with Crippen molar-refractivity contribution in [3.63, 3.8) is 0 Å². The highest BCUT2D eigenvalue weighted by Gasteiger charge is 2.22. The van der Waals surface area contributed by atoms with Crippen LogP contribution in [0.2, 0.25) is 0 Å². The van der Waals surface area contributed by atoms with E-state index < -0.39 is 0 Å². The Morgan fingerprint density at radius 3 is 2.81 bits per heavy atom. The van der Waals surface area contributed by atoms with Crippen molar-refractivity contribution >= 4 is 5.91 Å². The molecule has 7 heteroatoms. The van der Waals surface area contributed by atoms with E-state index in [-0.39, 0.29) is 11.9 Å². The highest BCUT2D eigenvalue weighted by molar-refractivity contribution is 6.00. The van der Waals surface area contributed by atoms with Crippen LogP contribution in [0.5, 0.6) is 5.75 Å². The number of aromatic amines is 1. The van der Waals surface area contributed by atoms with Crippen LogP contribution in [0.1, 0.15) is 47.2 Å². The number of nitrogens with one attached hydrogen (secondary N) is 2. The maximum atomic E-state index is 12.9. The molecule has 27 heavy (non-hydrogen) atoms. The fraction of sp³-hybridized carbons (Fsp3) is 0.350. The van der Waals surface area contributed by atoms with Crippen molar-refractivity contribution in [2.45, 2.75) is 40.3 Å². The number of H-pyrrole nitrogens is 1. The van der Waals surface area contributed by atoms with E-state index >= 15 is 0 Å². The number of carbonyl (C=O) groups is 1. The molecule has 2 heterocycles. The maximum Gasteiger partial charge on any atom is 0.255 e. The smallest absolute Gasteiger partial charge is 0.255 e. The van der Waals surface area contributed by atoms with Crippen molar-refractivity contribution in [2.24, 2.45) is 0 Å². The molecule has 3 rings (SSSR count). The van der Waals surface area contributed by atoms with Gasteiger partial charge in [-0.2, -0.15) is 10.2 Å².